The van der Waals surface area contributed by atoms with Gasteiger partial charge in [0.25, 0.3) is 0 Å². The first kappa shape index (κ1) is 15.6. The lowest BCUT2D eigenvalue weighted by molar-refractivity contribution is 0.0585. The maximum atomic E-state index is 11.4. The number of alkyl carbamates (subject to hydrolysis) is 1. The van der Waals surface area contributed by atoms with Gasteiger partial charge in [0.05, 0.1) is 13.2 Å². The van der Waals surface area contributed by atoms with Crippen LogP contribution in [0.5, 0.6) is 0 Å². The van der Waals surface area contributed by atoms with Crippen LogP contribution in [-0.2, 0) is 4.74 Å². The van der Waals surface area contributed by atoms with Crippen LogP contribution in [0.4, 0.5) is 4.79 Å². The zero-order valence-corrected chi connectivity index (χ0v) is 12.8. The summed E-state index contributed by atoms with van der Waals surface area (Å²) in [7, 11) is 1.40. The smallest absolute Gasteiger partial charge is 0.407 e. The number of aliphatic hydroxyl groups excluding tert-OH is 1. The molecule has 116 valence electrons. The number of carbonyl (C=O) groups is 1. The van der Waals surface area contributed by atoms with Crippen molar-refractivity contribution < 1.29 is 14.6 Å². The van der Waals surface area contributed by atoms with Gasteiger partial charge in [-0.3, -0.25) is 4.90 Å². The first-order valence-corrected chi connectivity index (χ1v) is 7.76. The van der Waals surface area contributed by atoms with Gasteiger partial charge in [0, 0.05) is 25.2 Å². The molecule has 1 saturated carbocycles. The molecule has 1 heterocycles. The van der Waals surface area contributed by atoms with Gasteiger partial charge in [-0.1, -0.05) is 13.8 Å². The quantitative estimate of drug-likeness (QED) is 0.805. The normalized spacial score (nSPS) is 29.2. The lowest BCUT2D eigenvalue weighted by Crippen LogP contribution is -2.52. The largest absolute Gasteiger partial charge is 0.453 e. The summed E-state index contributed by atoms with van der Waals surface area (Å²) in [5.41, 5.74) is 0. The maximum absolute atomic E-state index is 11.4. The van der Waals surface area contributed by atoms with Crippen LogP contribution in [0.25, 0.3) is 0 Å². The highest BCUT2D eigenvalue weighted by Gasteiger charge is 2.37. The molecule has 0 bridgehead atoms. The zero-order chi connectivity index (χ0) is 14.7. The van der Waals surface area contributed by atoms with Crippen molar-refractivity contribution in [3.8, 4) is 0 Å². The summed E-state index contributed by atoms with van der Waals surface area (Å²) in [6, 6.07) is 0.831. The summed E-state index contributed by atoms with van der Waals surface area (Å²) in [4.78, 5) is 13.9. The van der Waals surface area contributed by atoms with Crippen molar-refractivity contribution in [1.29, 1.82) is 0 Å². The van der Waals surface area contributed by atoms with Crippen molar-refractivity contribution in [2.45, 2.75) is 57.7 Å². The van der Waals surface area contributed by atoms with Crippen LogP contribution in [0.2, 0.25) is 0 Å². The highest BCUT2D eigenvalue weighted by atomic mass is 16.5. The van der Waals surface area contributed by atoms with Crippen LogP contribution in [0, 0.1) is 11.8 Å². The third kappa shape index (κ3) is 4.35. The summed E-state index contributed by atoms with van der Waals surface area (Å²) in [5.74, 6) is 0.738. The van der Waals surface area contributed by atoms with Crippen LogP contribution in [0.1, 0.15) is 39.5 Å². The predicted molar refractivity (Wildman–Crippen MR) is 77.5 cm³/mol. The van der Waals surface area contributed by atoms with Crippen molar-refractivity contribution >= 4 is 6.09 Å². The molecule has 0 radical (unpaired) electrons. The number of hydrogen-bond donors (Lipinski definition) is 2. The van der Waals surface area contributed by atoms with Crippen molar-refractivity contribution in [3.63, 3.8) is 0 Å². The fraction of sp³-hybridized carbons (Fsp3) is 0.933. The van der Waals surface area contributed by atoms with Gasteiger partial charge in [-0.15, -0.1) is 0 Å². The highest BCUT2D eigenvalue weighted by molar-refractivity contribution is 5.67. The number of ether oxygens (including phenoxy) is 1. The number of piperidine rings is 1. The van der Waals surface area contributed by atoms with Crippen molar-refractivity contribution in [3.05, 3.63) is 0 Å². The number of hydrogen-bond acceptors (Lipinski definition) is 4. The molecule has 3 atom stereocenters. The lowest BCUT2D eigenvalue weighted by Gasteiger charge is -2.39. The second kappa shape index (κ2) is 6.76. The van der Waals surface area contributed by atoms with Crippen molar-refractivity contribution in [1.82, 2.24) is 10.2 Å². The number of aliphatic hydroxyl groups is 1. The molecule has 3 unspecified atom stereocenters. The van der Waals surface area contributed by atoms with Gasteiger partial charge < -0.3 is 15.2 Å². The molecule has 0 aromatic heterocycles. The molecular formula is C15H28N2O3. The standard InChI is InChI=1S/C15H28N2O3/c1-10(2)14(18)7-11-6-12(16-15(19)20-3)9-17(8-11)13-4-5-13/h10-14,18H,4-9H2,1-3H3,(H,16,19). The minimum Gasteiger partial charge on any atom is -0.453 e. The van der Waals surface area contributed by atoms with E-state index in [-0.39, 0.29) is 18.2 Å². The summed E-state index contributed by atoms with van der Waals surface area (Å²) in [6.07, 6.45) is 3.69. The molecule has 5 heteroatoms. The zero-order valence-electron chi connectivity index (χ0n) is 12.8. The molecule has 2 N–H and O–H groups in total. The van der Waals surface area contributed by atoms with Gasteiger partial charge in [-0.2, -0.15) is 0 Å². The Morgan fingerprint density at radius 1 is 1.40 bits per heavy atom. The molecule has 2 fully saturated rings. The van der Waals surface area contributed by atoms with E-state index < -0.39 is 0 Å². The third-order valence-corrected chi connectivity index (χ3v) is 4.48. The molecule has 0 spiro atoms. The van der Waals surface area contributed by atoms with E-state index >= 15 is 0 Å². The van der Waals surface area contributed by atoms with Crippen LogP contribution in [-0.4, -0.2) is 54.5 Å². The second-order valence-corrected chi connectivity index (χ2v) is 6.67. The van der Waals surface area contributed by atoms with Crippen LogP contribution < -0.4 is 5.32 Å². The number of nitrogens with one attached hydrogen (secondary N) is 1. The molecule has 0 aromatic rings. The first-order chi connectivity index (χ1) is 9.49. The number of nitrogens with zero attached hydrogens (tertiary/aromatic N) is 1. The third-order valence-electron chi connectivity index (χ3n) is 4.48. The van der Waals surface area contributed by atoms with Gasteiger partial charge in [-0.25, -0.2) is 4.79 Å². The second-order valence-electron chi connectivity index (χ2n) is 6.67. The monoisotopic (exact) mass is 284 g/mol. The van der Waals surface area contributed by atoms with Crippen molar-refractivity contribution in [2.24, 2.45) is 11.8 Å². The Kier molecular flexibility index (Phi) is 5.27. The molecule has 1 amide bonds. The van der Waals surface area contributed by atoms with Crippen LogP contribution in [0.3, 0.4) is 0 Å². The van der Waals surface area contributed by atoms with Gasteiger partial charge in [0.1, 0.15) is 0 Å². The molecule has 2 aliphatic rings. The predicted octanol–water partition coefficient (Wildman–Crippen LogP) is 1.60. The van der Waals surface area contributed by atoms with Crippen LogP contribution in [0.15, 0.2) is 0 Å². The topological polar surface area (TPSA) is 61.8 Å². The number of carbonyl (C=O) groups excluding carboxylic acids is 1. The Bertz CT molecular complexity index is 329. The fourth-order valence-corrected chi connectivity index (χ4v) is 3.09. The fourth-order valence-electron chi connectivity index (χ4n) is 3.09. The number of methoxy groups -OCH3 is 1. The lowest BCUT2D eigenvalue weighted by atomic mass is 9.86. The molecular weight excluding hydrogens is 256 g/mol. The Labute approximate surface area is 121 Å². The Hall–Kier alpha value is -0.810. The summed E-state index contributed by atoms with van der Waals surface area (Å²) < 4.78 is 4.70. The van der Waals surface area contributed by atoms with Gasteiger partial charge >= 0.3 is 6.09 Å². The van der Waals surface area contributed by atoms with E-state index in [1.54, 1.807) is 0 Å². The Morgan fingerprint density at radius 2 is 2.10 bits per heavy atom. The maximum Gasteiger partial charge on any atom is 0.407 e. The molecule has 2 rings (SSSR count). The number of rotatable bonds is 5. The average molecular weight is 284 g/mol. The number of amides is 1. The highest BCUT2D eigenvalue weighted by Crippen LogP contribution is 2.33. The molecule has 20 heavy (non-hydrogen) atoms. The molecule has 1 saturated heterocycles. The minimum atomic E-state index is -0.351. The number of likely N-dealkylation sites (tertiary alicyclic amines) is 1. The van der Waals surface area contributed by atoms with E-state index in [1.807, 2.05) is 0 Å². The van der Waals surface area contributed by atoms with E-state index in [1.165, 1.54) is 20.0 Å². The average Bonchev–Trinajstić information content (AvgIpc) is 3.22. The van der Waals surface area contributed by atoms with Gasteiger partial charge in [0.2, 0.25) is 0 Å². The molecule has 5 nitrogen and oxygen atoms in total. The van der Waals surface area contributed by atoms with Crippen LogP contribution >= 0.6 is 0 Å². The van der Waals surface area contributed by atoms with E-state index in [4.69, 9.17) is 4.74 Å². The van der Waals surface area contributed by atoms with E-state index in [0.717, 1.165) is 25.9 Å². The first-order valence-electron chi connectivity index (χ1n) is 7.76. The SMILES string of the molecule is COC(=O)NC1CC(CC(O)C(C)C)CN(C2CC2)C1. The van der Waals surface area contributed by atoms with E-state index in [2.05, 4.69) is 24.1 Å². The summed E-state index contributed by atoms with van der Waals surface area (Å²) in [6.45, 7) is 6.06. The Balaban J connectivity index is 1.91. The minimum absolute atomic E-state index is 0.140. The van der Waals surface area contributed by atoms with Crippen molar-refractivity contribution in [2.75, 3.05) is 20.2 Å². The Morgan fingerprint density at radius 3 is 2.65 bits per heavy atom. The van der Waals surface area contributed by atoms with E-state index in [9.17, 15) is 9.90 Å². The molecule has 1 aliphatic heterocycles. The van der Waals surface area contributed by atoms with E-state index in [0.29, 0.717) is 17.9 Å². The summed E-state index contributed by atoms with van der Waals surface area (Å²) >= 11 is 0. The molecule has 0 aromatic carbocycles. The van der Waals surface area contributed by atoms with Gasteiger partial charge in [-0.05, 0) is 37.5 Å². The molecule has 1 aliphatic carbocycles. The summed E-state index contributed by atoms with van der Waals surface area (Å²) in [5, 5.41) is 13.0. The van der Waals surface area contributed by atoms with Gasteiger partial charge in [0.15, 0.2) is 0 Å².